The predicted molar refractivity (Wildman–Crippen MR) is 98.4 cm³/mol. The lowest BCUT2D eigenvalue weighted by Gasteiger charge is -2.06. The van der Waals surface area contributed by atoms with Crippen molar-refractivity contribution in [2.45, 2.75) is 12.8 Å². The molecule has 0 aliphatic rings. The number of rotatable bonds is 15. The largest absolute Gasteiger partial charge is 0.461 e. The van der Waals surface area contributed by atoms with E-state index in [-0.39, 0.29) is 37.6 Å². The quantitative estimate of drug-likeness (QED) is 0.173. The van der Waals surface area contributed by atoms with Gasteiger partial charge in [0, 0.05) is 11.5 Å². The summed E-state index contributed by atoms with van der Waals surface area (Å²) in [6.45, 7) is 6.44. The van der Waals surface area contributed by atoms with Gasteiger partial charge in [-0.25, -0.2) is 0 Å². The average molecular weight is 406 g/mol. The second-order valence-electron chi connectivity index (χ2n) is 4.36. The van der Waals surface area contributed by atoms with Crippen molar-refractivity contribution >= 4 is 47.4 Å². The zero-order chi connectivity index (χ0) is 19.6. The van der Waals surface area contributed by atoms with Gasteiger partial charge in [-0.05, 0) is 0 Å². The topological polar surface area (TPSA) is 105 Å². The number of esters is 4. The molecule has 0 atom stereocenters. The van der Waals surface area contributed by atoms with Crippen molar-refractivity contribution in [1.29, 1.82) is 0 Å². The molecule has 0 spiro atoms. The zero-order valence-electron chi connectivity index (χ0n) is 14.3. The number of ether oxygens (including phenoxy) is 4. The second-order valence-corrected chi connectivity index (χ2v) is 6.57. The molecule has 0 aromatic heterocycles. The van der Waals surface area contributed by atoms with Crippen LogP contribution in [0, 0.1) is 0 Å². The molecule has 26 heavy (non-hydrogen) atoms. The molecule has 8 nitrogen and oxygen atoms in total. The van der Waals surface area contributed by atoms with Crippen LogP contribution in [0.4, 0.5) is 0 Å². The van der Waals surface area contributed by atoms with E-state index in [0.29, 0.717) is 11.5 Å². The van der Waals surface area contributed by atoms with Crippen molar-refractivity contribution in [3.8, 4) is 0 Å². The first kappa shape index (κ1) is 24.1. The van der Waals surface area contributed by atoms with Crippen LogP contribution in [-0.2, 0) is 38.1 Å². The van der Waals surface area contributed by atoms with Crippen LogP contribution in [0.2, 0.25) is 0 Å². The van der Waals surface area contributed by atoms with Gasteiger partial charge in [-0.2, -0.15) is 0 Å². The lowest BCUT2D eigenvalue weighted by atomic mass is 10.5. The average Bonchev–Trinajstić information content (AvgIpc) is 2.60. The first-order valence-electron chi connectivity index (χ1n) is 7.57. The third-order valence-corrected chi connectivity index (χ3v) is 4.25. The monoisotopic (exact) mass is 406 g/mol. The minimum Gasteiger partial charge on any atom is -0.461 e. The Labute approximate surface area is 160 Å². The molecule has 0 N–H and O–H groups in total. The van der Waals surface area contributed by atoms with Crippen LogP contribution in [0.5, 0.6) is 0 Å². The summed E-state index contributed by atoms with van der Waals surface area (Å²) < 4.78 is 18.8. The molecule has 0 fully saturated rings. The Morgan fingerprint density at radius 3 is 1.42 bits per heavy atom. The van der Waals surface area contributed by atoms with Gasteiger partial charge < -0.3 is 18.9 Å². The van der Waals surface area contributed by atoms with Crippen LogP contribution in [0.3, 0.4) is 0 Å². The summed E-state index contributed by atoms with van der Waals surface area (Å²) in [5.74, 6) is -0.719. The molecular weight excluding hydrogens is 384 g/mol. The van der Waals surface area contributed by atoms with Gasteiger partial charge in [-0.1, -0.05) is 13.2 Å². The minimum atomic E-state index is -0.460. The van der Waals surface area contributed by atoms with Crippen LogP contribution >= 0.6 is 23.5 Å². The Balaban J connectivity index is 3.51. The summed E-state index contributed by atoms with van der Waals surface area (Å²) in [4.78, 5) is 44.9. The second kappa shape index (κ2) is 16.5. The third-order valence-electron chi connectivity index (χ3n) is 2.38. The molecule has 0 aliphatic carbocycles. The molecule has 0 heterocycles. The van der Waals surface area contributed by atoms with E-state index in [2.05, 4.69) is 22.6 Å². The van der Waals surface area contributed by atoms with Crippen LogP contribution in [0.1, 0.15) is 12.8 Å². The molecule has 0 aromatic carbocycles. The van der Waals surface area contributed by atoms with Gasteiger partial charge in [0.05, 0.1) is 36.9 Å². The SMILES string of the molecule is C=COC(=O)CCSCC(=O)OCCOC(=O)CSCCC(=O)OC=C. The van der Waals surface area contributed by atoms with E-state index < -0.39 is 23.9 Å². The first-order valence-corrected chi connectivity index (χ1v) is 9.88. The molecular formula is C16H22O8S2. The van der Waals surface area contributed by atoms with E-state index in [4.69, 9.17) is 9.47 Å². The van der Waals surface area contributed by atoms with E-state index in [9.17, 15) is 19.2 Å². The molecule has 0 radical (unpaired) electrons. The Morgan fingerprint density at radius 1 is 0.692 bits per heavy atom. The Kier molecular flexibility index (Phi) is 15.3. The van der Waals surface area contributed by atoms with Crippen LogP contribution < -0.4 is 0 Å². The number of thioether (sulfide) groups is 2. The van der Waals surface area contributed by atoms with E-state index in [1.165, 1.54) is 23.5 Å². The minimum absolute atomic E-state index is 0.0417. The van der Waals surface area contributed by atoms with Crippen LogP contribution in [0.15, 0.2) is 25.7 Å². The van der Waals surface area contributed by atoms with E-state index in [1.807, 2.05) is 0 Å². The van der Waals surface area contributed by atoms with Gasteiger partial charge in [0.2, 0.25) is 0 Å². The number of hydrogen-bond donors (Lipinski definition) is 0. The van der Waals surface area contributed by atoms with Crippen molar-refractivity contribution in [1.82, 2.24) is 0 Å². The zero-order valence-corrected chi connectivity index (χ0v) is 15.9. The summed E-state index contributed by atoms with van der Waals surface area (Å²) in [6.07, 6.45) is 2.45. The Hall–Kier alpha value is -1.94. The molecule has 0 bridgehead atoms. The molecule has 0 rings (SSSR count). The summed E-state index contributed by atoms with van der Waals surface area (Å²) in [5, 5.41) is 0. The summed E-state index contributed by atoms with van der Waals surface area (Å²) in [5.41, 5.74) is 0. The maximum Gasteiger partial charge on any atom is 0.316 e. The van der Waals surface area contributed by atoms with Crippen molar-refractivity contribution < 1.29 is 38.1 Å². The first-order chi connectivity index (χ1) is 12.5. The fraction of sp³-hybridized carbons (Fsp3) is 0.500. The molecule has 0 amide bonds. The van der Waals surface area contributed by atoms with Crippen molar-refractivity contribution in [3.05, 3.63) is 25.7 Å². The Bertz CT molecular complexity index is 449. The van der Waals surface area contributed by atoms with Gasteiger partial charge in [0.25, 0.3) is 0 Å². The normalized spacial score (nSPS) is 9.69. The van der Waals surface area contributed by atoms with Gasteiger partial charge >= 0.3 is 23.9 Å². The number of hydrogen-bond acceptors (Lipinski definition) is 10. The van der Waals surface area contributed by atoms with Gasteiger partial charge in [0.15, 0.2) is 0 Å². The van der Waals surface area contributed by atoms with E-state index in [1.54, 1.807) is 0 Å². The molecule has 10 heteroatoms. The van der Waals surface area contributed by atoms with Crippen LogP contribution in [0.25, 0.3) is 0 Å². The van der Waals surface area contributed by atoms with Crippen molar-refractivity contribution in [2.75, 3.05) is 36.2 Å². The van der Waals surface area contributed by atoms with Gasteiger partial charge in [0.1, 0.15) is 13.2 Å². The highest BCUT2D eigenvalue weighted by Gasteiger charge is 2.08. The van der Waals surface area contributed by atoms with E-state index >= 15 is 0 Å². The summed E-state index contributed by atoms with van der Waals surface area (Å²) in [6, 6.07) is 0. The number of carbonyl (C=O) groups excluding carboxylic acids is 4. The smallest absolute Gasteiger partial charge is 0.316 e. The fourth-order valence-corrected chi connectivity index (χ4v) is 2.73. The lowest BCUT2D eigenvalue weighted by molar-refractivity contribution is -0.148. The maximum atomic E-state index is 11.4. The maximum absolute atomic E-state index is 11.4. The molecule has 0 unspecified atom stereocenters. The van der Waals surface area contributed by atoms with Crippen molar-refractivity contribution in [3.63, 3.8) is 0 Å². The highest BCUT2D eigenvalue weighted by atomic mass is 32.2. The predicted octanol–water partition coefficient (Wildman–Crippen LogP) is 1.69. The standard InChI is InChI=1S/C16H22O8S2/c1-3-21-13(17)5-9-25-11-15(19)23-7-8-24-16(20)12-26-10-6-14(18)22-4-2/h3-4H,1-2,5-12H2. The molecule has 0 saturated heterocycles. The summed E-state index contributed by atoms with van der Waals surface area (Å²) in [7, 11) is 0. The highest BCUT2D eigenvalue weighted by Crippen LogP contribution is 2.05. The molecule has 0 saturated carbocycles. The number of carbonyl (C=O) groups is 4. The van der Waals surface area contributed by atoms with Crippen molar-refractivity contribution in [2.24, 2.45) is 0 Å². The molecule has 0 aliphatic heterocycles. The van der Waals surface area contributed by atoms with Crippen LogP contribution in [-0.4, -0.2) is 60.1 Å². The van der Waals surface area contributed by atoms with E-state index in [0.717, 1.165) is 12.5 Å². The van der Waals surface area contributed by atoms with Gasteiger partial charge in [-0.15, -0.1) is 23.5 Å². The molecule has 0 aromatic rings. The Morgan fingerprint density at radius 2 is 1.08 bits per heavy atom. The third kappa shape index (κ3) is 15.6. The summed E-state index contributed by atoms with van der Waals surface area (Å²) >= 11 is 2.47. The fourth-order valence-electron chi connectivity index (χ4n) is 1.32. The lowest BCUT2D eigenvalue weighted by Crippen LogP contribution is -2.16. The molecule has 146 valence electrons. The van der Waals surface area contributed by atoms with Gasteiger partial charge in [-0.3, -0.25) is 19.2 Å². The highest BCUT2D eigenvalue weighted by molar-refractivity contribution is 8.00.